The van der Waals surface area contributed by atoms with Gasteiger partial charge in [-0.2, -0.15) is 11.8 Å². The van der Waals surface area contributed by atoms with Crippen LogP contribution in [0.15, 0.2) is 5.38 Å². The van der Waals surface area contributed by atoms with Crippen LogP contribution in [-0.4, -0.2) is 23.3 Å². The summed E-state index contributed by atoms with van der Waals surface area (Å²) in [6, 6.07) is 0. The summed E-state index contributed by atoms with van der Waals surface area (Å²) in [5.41, 5.74) is 0.439. The van der Waals surface area contributed by atoms with Crippen molar-refractivity contribution >= 4 is 29.1 Å². The monoisotopic (exact) mass is 257 g/mol. The van der Waals surface area contributed by atoms with Crippen LogP contribution in [0, 0.1) is 0 Å². The number of nitrogens with zero attached hydrogens (tertiary/aromatic N) is 1. The van der Waals surface area contributed by atoms with E-state index in [1.54, 1.807) is 16.7 Å². The molecule has 0 atom stereocenters. The smallest absolute Gasteiger partial charge is 0.357 e. The van der Waals surface area contributed by atoms with Gasteiger partial charge in [0.05, 0.1) is 7.11 Å². The number of carbonyl (C=O) groups is 1. The van der Waals surface area contributed by atoms with Gasteiger partial charge in [-0.3, -0.25) is 0 Å². The van der Waals surface area contributed by atoms with Crippen molar-refractivity contribution in [2.75, 3.05) is 7.11 Å². The minimum absolute atomic E-state index is 0.339. The fourth-order valence-corrected chi connectivity index (χ4v) is 3.95. The average Bonchev–Trinajstić information content (AvgIpc) is 2.96. The summed E-state index contributed by atoms with van der Waals surface area (Å²) in [5, 5.41) is 3.60. The van der Waals surface area contributed by atoms with E-state index in [1.807, 2.05) is 11.8 Å². The second-order valence-electron chi connectivity index (χ2n) is 3.84. The first kappa shape index (κ1) is 11.9. The second-order valence-corrected chi connectivity index (χ2v) is 6.07. The van der Waals surface area contributed by atoms with E-state index in [9.17, 15) is 4.79 Å². The number of thioether (sulfide) groups is 1. The highest BCUT2D eigenvalue weighted by molar-refractivity contribution is 7.99. The first-order valence-electron chi connectivity index (χ1n) is 5.44. The lowest BCUT2D eigenvalue weighted by molar-refractivity contribution is 0.0595. The molecule has 1 aromatic heterocycles. The minimum Gasteiger partial charge on any atom is -0.464 e. The third-order valence-electron chi connectivity index (χ3n) is 2.69. The largest absolute Gasteiger partial charge is 0.464 e. The molecule has 0 unspecified atom stereocenters. The molecule has 0 amide bonds. The van der Waals surface area contributed by atoms with Crippen LogP contribution >= 0.6 is 23.1 Å². The van der Waals surface area contributed by atoms with Gasteiger partial charge in [0.1, 0.15) is 5.01 Å². The van der Waals surface area contributed by atoms with Crippen molar-refractivity contribution in [3.8, 4) is 0 Å². The number of rotatable bonds is 4. The number of carbonyl (C=O) groups excluding carboxylic acids is 1. The van der Waals surface area contributed by atoms with Gasteiger partial charge in [-0.15, -0.1) is 11.3 Å². The van der Waals surface area contributed by atoms with E-state index in [-0.39, 0.29) is 5.97 Å². The van der Waals surface area contributed by atoms with Crippen LogP contribution in [-0.2, 0) is 10.5 Å². The number of methoxy groups -OCH3 is 1. The highest BCUT2D eigenvalue weighted by Crippen LogP contribution is 2.32. The number of aromatic nitrogens is 1. The second kappa shape index (κ2) is 5.68. The molecule has 3 nitrogen and oxygen atoms in total. The predicted molar refractivity (Wildman–Crippen MR) is 67.0 cm³/mol. The molecule has 0 radical (unpaired) electrons. The topological polar surface area (TPSA) is 39.2 Å². The summed E-state index contributed by atoms with van der Waals surface area (Å²) in [6.45, 7) is 0. The van der Waals surface area contributed by atoms with Crippen molar-refractivity contribution < 1.29 is 9.53 Å². The number of hydrogen-bond donors (Lipinski definition) is 0. The molecule has 1 aromatic rings. The van der Waals surface area contributed by atoms with Crippen LogP contribution in [0.5, 0.6) is 0 Å². The summed E-state index contributed by atoms with van der Waals surface area (Å²) in [6.07, 6.45) is 5.39. The molecule has 1 aliphatic rings. The lowest BCUT2D eigenvalue weighted by Gasteiger charge is -2.05. The van der Waals surface area contributed by atoms with Crippen LogP contribution in [0.2, 0.25) is 0 Å². The van der Waals surface area contributed by atoms with Crippen molar-refractivity contribution in [2.24, 2.45) is 0 Å². The molecular weight excluding hydrogens is 242 g/mol. The normalized spacial score (nSPS) is 16.6. The summed E-state index contributed by atoms with van der Waals surface area (Å²) >= 11 is 3.51. The molecule has 1 aliphatic carbocycles. The predicted octanol–water partition coefficient (Wildman–Crippen LogP) is 3.11. The molecule has 1 heterocycles. The van der Waals surface area contributed by atoms with E-state index in [4.69, 9.17) is 0 Å². The van der Waals surface area contributed by atoms with E-state index >= 15 is 0 Å². The molecule has 0 bridgehead atoms. The Kier molecular flexibility index (Phi) is 4.23. The molecule has 0 spiro atoms. The van der Waals surface area contributed by atoms with E-state index in [0.717, 1.165) is 16.0 Å². The van der Waals surface area contributed by atoms with Crippen LogP contribution in [0.25, 0.3) is 0 Å². The average molecular weight is 257 g/mol. The van der Waals surface area contributed by atoms with Crippen LogP contribution < -0.4 is 0 Å². The molecular formula is C11H15NO2S2. The Labute approximate surface area is 104 Å². The number of thiazole rings is 1. The minimum atomic E-state index is -0.339. The van der Waals surface area contributed by atoms with Crippen LogP contribution in [0.1, 0.15) is 41.2 Å². The maximum Gasteiger partial charge on any atom is 0.357 e. The summed E-state index contributed by atoms with van der Waals surface area (Å²) in [4.78, 5) is 15.5. The molecule has 1 fully saturated rings. The van der Waals surface area contributed by atoms with E-state index in [1.165, 1.54) is 32.8 Å². The van der Waals surface area contributed by atoms with Gasteiger partial charge in [0, 0.05) is 16.4 Å². The standard InChI is InChI=1S/C11H15NO2S2/c1-14-11(13)9-6-16-10(12-9)7-15-8-4-2-3-5-8/h6,8H,2-5,7H2,1H3. The van der Waals surface area contributed by atoms with Gasteiger partial charge in [0.15, 0.2) is 5.69 Å². The SMILES string of the molecule is COC(=O)c1csc(CSC2CCCC2)n1. The first-order chi connectivity index (χ1) is 7.79. The van der Waals surface area contributed by atoms with E-state index in [0.29, 0.717) is 5.69 Å². The number of esters is 1. The molecule has 5 heteroatoms. The van der Waals surface area contributed by atoms with E-state index in [2.05, 4.69) is 9.72 Å². The van der Waals surface area contributed by atoms with Crippen molar-refractivity contribution in [2.45, 2.75) is 36.7 Å². The Morgan fingerprint density at radius 1 is 1.62 bits per heavy atom. The Morgan fingerprint density at radius 2 is 2.38 bits per heavy atom. The molecule has 1 saturated carbocycles. The Hall–Kier alpha value is -0.550. The molecule has 16 heavy (non-hydrogen) atoms. The van der Waals surface area contributed by atoms with Crippen LogP contribution in [0.4, 0.5) is 0 Å². The molecule has 0 saturated heterocycles. The molecule has 0 N–H and O–H groups in total. The third-order valence-corrected chi connectivity index (χ3v) is 5.11. The lowest BCUT2D eigenvalue weighted by atomic mass is 10.4. The Bertz CT molecular complexity index is 359. The van der Waals surface area contributed by atoms with Crippen molar-refractivity contribution in [1.82, 2.24) is 4.98 Å². The van der Waals surface area contributed by atoms with Gasteiger partial charge in [-0.05, 0) is 12.8 Å². The molecule has 0 aromatic carbocycles. The molecule has 0 aliphatic heterocycles. The quantitative estimate of drug-likeness (QED) is 0.777. The van der Waals surface area contributed by atoms with Crippen molar-refractivity contribution in [1.29, 1.82) is 0 Å². The first-order valence-corrected chi connectivity index (χ1v) is 7.37. The fourth-order valence-electron chi connectivity index (χ4n) is 1.82. The van der Waals surface area contributed by atoms with E-state index < -0.39 is 0 Å². The molecule has 2 rings (SSSR count). The zero-order valence-corrected chi connectivity index (χ0v) is 10.9. The number of ether oxygens (including phenoxy) is 1. The van der Waals surface area contributed by atoms with Gasteiger partial charge in [0.25, 0.3) is 0 Å². The molecule has 88 valence electrons. The summed E-state index contributed by atoms with van der Waals surface area (Å²) in [7, 11) is 1.38. The maximum atomic E-state index is 11.2. The lowest BCUT2D eigenvalue weighted by Crippen LogP contribution is -2.01. The van der Waals surface area contributed by atoms with Gasteiger partial charge in [-0.1, -0.05) is 12.8 Å². The zero-order chi connectivity index (χ0) is 11.4. The van der Waals surface area contributed by atoms with Crippen LogP contribution in [0.3, 0.4) is 0 Å². The van der Waals surface area contributed by atoms with Crippen molar-refractivity contribution in [3.63, 3.8) is 0 Å². The Morgan fingerprint density at radius 3 is 3.06 bits per heavy atom. The number of hydrogen-bond acceptors (Lipinski definition) is 5. The summed E-state index contributed by atoms with van der Waals surface area (Å²) in [5.74, 6) is 0.583. The third kappa shape index (κ3) is 2.98. The maximum absolute atomic E-state index is 11.2. The summed E-state index contributed by atoms with van der Waals surface area (Å²) < 4.78 is 4.63. The zero-order valence-electron chi connectivity index (χ0n) is 9.27. The van der Waals surface area contributed by atoms with Gasteiger partial charge in [-0.25, -0.2) is 9.78 Å². The fraction of sp³-hybridized carbons (Fsp3) is 0.636. The highest BCUT2D eigenvalue weighted by atomic mass is 32.2. The van der Waals surface area contributed by atoms with Crippen molar-refractivity contribution in [3.05, 3.63) is 16.1 Å². The van der Waals surface area contributed by atoms with Gasteiger partial charge < -0.3 is 4.74 Å². The van der Waals surface area contributed by atoms with Gasteiger partial charge >= 0.3 is 5.97 Å². The Balaban J connectivity index is 1.85. The van der Waals surface area contributed by atoms with Gasteiger partial charge in [0.2, 0.25) is 0 Å². The highest BCUT2D eigenvalue weighted by Gasteiger charge is 2.16.